The van der Waals surface area contributed by atoms with Crippen LogP contribution in [0.3, 0.4) is 0 Å². The standard InChI is InChI=1S/C9H10BF4O2/c1-15-4-5-16-7-2-3-8(9(11)6-7)10(12,13)14/h2-3,6H,4-5H2,1H3/q-1. The number of methoxy groups -OCH3 is 1. The van der Waals surface area contributed by atoms with Crippen LogP contribution in [0.25, 0.3) is 0 Å². The largest absolute Gasteiger partial charge is 0.512 e. The summed E-state index contributed by atoms with van der Waals surface area (Å²) in [6.07, 6.45) is 0. The fourth-order valence-corrected chi connectivity index (χ4v) is 1.11. The summed E-state index contributed by atoms with van der Waals surface area (Å²) < 4.78 is 59.4. The number of hydrogen-bond donors (Lipinski definition) is 0. The Hall–Kier alpha value is -1.24. The summed E-state index contributed by atoms with van der Waals surface area (Å²) in [4.78, 5) is 0. The minimum Gasteiger partial charge on any atom is -0.491 e. The van der Waals surface area contributed by atoms with Crippen molar-refractivity contribution in [1.29, 1.82) is 0 Å². The molecule has 0 heterocycles. The Kier molecular flexibility index (Phi) is 4.17. The van der Waals surface area contributed by atoms with Crippen LogP contribution in [-0.4, -0.2) is 27.3 Å². The summed E-state index contributed by atoms with van der Waals surface area (Å²) in [5, 5.41) is 0. The van der Waals surface area contributed by atoms with Crippen LogP contribution in [0.15, 0.2) is 18.2 Å². The molecule has 0 aliphatic carbocycles. The predicted molar refractivity (Wildman–Crippen MR) is 52.5 cm³/mol. The van der Waals surface area contributed by atoms with Gasteiger partial charge in [-0.1, -0.05) is 11.5 Å². The Morgan fingerprint density at radius 3 is 2.38 bits per heavy atom. The topological polar surface area (TPSA) is 18.5 Å². The van der Waals surface area contributed by atoms with Gasteiger partial charge in [0, 0.05) is 13.2 Å². The summed E-state index contributed by atoms with van der Waals surface area (Å²) in [7, 11) is 1.46. The van der Waals surface area contributed by atoms with Crippen LogP contribution in [0.1, 0.15) is 0 Å². The van der Waals surface area contributed by atoms with E-state index in [-0.39, 0.29) is 19.0 Å². The highest BCUT2D eigenvalue weighted by molar-refractivity contribution is 6.73. The highest BCUT2D eigenvalue weighted by atomic mass is 19.4. The first-order valence-corrected chi connectivity index (χ1v) is 4.56. The van der Waals surface area contributed by atoms with E-state index in [2.05, 4.69) is 4.74 Å². The summed E-state index contributed by atoms with van der Waals surface area (Å²) in [5.41, 5.74) is -1.24. The summed E-state index contributed by atoms with van der Waals surface area (Å²) >= 11 is 0. The van der Waals surface area contributed by atoms with Crippen molar-refractivity contribution in [2.24, 2.45) is 0 Å². The van der Waals surface area contributed by atoms with Crippen molar-refractivity contribution in [1.82, 2.24) is 0 Å². The molecule has 0 spiro atoms. The van der Waals surface area contributed by atoms with Crippen molar-refractivity contribution in [2.75, 3.05) is 20.3 Å². The minimum atomic E-state index is -5.32. The van der Waals surface area contributed by atoms with E-state index in [1.54, 1.807) is 0 Å². The van der Waals surface area contributed by atoms with Crippen LogP contribution in [0.4, 0.5) is 17.3 Å². The normalized spacial score (nSPS) is 11.6. The lowest BCUT2D eigenvalue weighted by atomic mass is 9.80. The minimum absolute atomic E-state index is 0.0540. The number of rotatable bonds is 5. The highest BCUT2D eigenvalue weighted by Gasteiger charge is 2.28. The zero-order valence-electron chi connectivity index (χ0n) is 8.55. The maximum atomic E-state index is 13.0. The SMILES string of the molecule is COCCOc1ccc([B-](F)(F)F)c(F)c1. The smallest absolute Gasteiger partial charge is 0.491 e. The van der Waals surface area contributed by atoms with Crippen LogP contribution in [0.2, 0.25) is 0 Å². The van der Waals surface area contributed by atoms with E-state index in [0.29, 0.717) is 6.07 Å². The van der Waals surface area contributed by atoms with E-state index >= 15 is 0 Å². The molecule has 0 atom stereocenters. The first kappa shape index (κ1) is 12.8. The zero-order chi connectivity index (χ0) is 12.2. The van der Waals surface area contributed by atoms with E-state index in [1.807, 2.05) is 0 Å². The van der Waals surface area contributed by atoms with Gasteiger partial charge in [0.2, 0.25) is 0 Å². The van der Waals surface area contributed by atoms with Gasteiger partial charge in [-0.3, -0.25) is 0 Å². The van der Waals surface area contributed by atoms with Crippen molar-refractivity contribution in [2.45, 2.75) is 0 Å². The second-order valence-corrected chi connectivity index (χ2v) is 3.10. The van der Waals surface area contributed by atoms with Gasteiger partial charge in [0.25, 0.3) is 0 Å². The van der Waals surface area contributed by atoms with E-state index in [9.17, 15) is 17.3 Å². The summed E-state index contributed by atoms with van der Waals surface area (Å²) in [6, 6.07) is 2.49. The van der Waals surface area contributed by atoms with Crippen LogP contribution >= 0.6 is 0 Å². The van der Waals surface area contributed by atoms with Gasteiger partial charge in [0.05, 0.1) is 12.4 Å². The van der Waals surface area contributed by atoms with E-state index in [0.717, 1.165) is 12.1 Å². The number of halogens is 4. The number of ether oxygens (including phenoxy) is 2. The molecule has 16 heavy (non-hydrogen) atoms. The van der Waals surface area contributed by atoms with Gasteiger partial charge < -0.3 is 22.4 Å². The molecule has 1 aromatic carbocycles. The molecule has 7 heteroatoms. The third kappa shape index (κ3) is 3.41. The van der Waals surface area contributed by atoms with Crippen LogP contribution in [0.5, 0.6) is 5.75 Å². The van der Waals surface area contributed by atoms with Crippen molar-refractivity contribution < 1.29 is 26.8 Å². The molecule has 0 aromatic heterocycles. The maximum absolute atomic E-state index is 13.0. The molecule has 0 bridgehead atoms. The average molecular weight is 237 g/mol. The molecule has 0 amide bonds. The number of hydrogen-bond acceptors (Lipinski definition) is 2. The van der Waals surface area contributed by atoms with Gasteiger partial charge in [-0.25, -0.2) is 4.39 Å². The average Bonchev–Trinajstić information content (AvgIpc) is 2.16. The lowest BCUT2D eigenvalue weighted by molar-refractivity contribution is 0.146. The molecule has 0 N–H and O–H groups in total. The van der Waals surface area contributed by atoms with Gasteiger partial charge in [-0.05, 0) is 6.07 Å². The predicted octanol–water partition coefficient (Wildman–Crippen LogP) is 1.91. The molecular formula is C9H10BF4O2-. The first-order valence-electron chi connectivity index (χ1n) is 4.56. The lowest BCUT2D eigenvalue weighted by Gasteiger charge is -2.16. The van der Waals surface area contributed by atoms with E-state index < -0.39 is 18.3 Å². The van der Waals surface area contributed by atoms with Crippen LogP contribution in [0, 0.1) is 5.82 Å². The Balaban J connectivity index is 2.75. The van der Waals surface area contributed by atoms with Gasteiger partial charge in [0.15, 0.2) is 0 Å². The second-order valence-electron chi connectivity index (χ2n) is 3.10. The molecule has 0 unspecified atom stereocenters. The Labute approximate surface area is 90.2 Å². The fourth-order valence-electron chi connectivity index (χ4n) is 1.11. The fraction of sp³-hybridized carbons (Fsp3) is 0.333. The Morgan fingerprint density at radius 2 is 1.88 bits per heavy atom. The molecule has 0 aliphatic rings. The highest BCUT2D eigenvalue weighted by Crippen LogP contribution is 2.16. The lowest BCUT2D eigenvalue weighted by Crippen LogP contribution is -2.36. The molecule has 0 aliphatic heterocycles. The van der Waals surface area contributed by atoms with Crippen molar-refractivity contribution in [3.05, 3.63) is 24.0 Å². The molecule has 2 nitrogen and oxygen atoms in total. The first-order chi connectivity index (χ1) is 7.45. The Morgan fingerprint density at radius 1 is 1.19 bits per heavy atom. The van der Waals surface area contributed by atoms with Gasteiger partial charge in [-0.15, -0.1) is 0 Å². The molecule has 1 rings (SSSR count). The van der Waals surface area contributed by atoms with Crippen molar-refractivity contribution in [3.63, 3.8) is 0 Å². The van der Waals surface area contributed by atoms with Crippen LogP contribution < -0.4 is 10.2 Å². The monoisotopic (exact) mass is 237 g/mol. The van der Waals surface area contributed by atoms with Gasteiger partial charge >= 0.3 is 6.98 Å². The van der Waals surface area contributed by atoms with Crippen LogP contribution in [-0.2, 0) is 4.74 Å². The van der Waals surface area contributed by atoms with Gasteiger partial charge in [-0.2, -0.15) is 0 Å². The molecule has 90 valence electrons. The third-order valence-corrected chi connectivity index (χ3v) is 1.88. The maximum Gasteiger partial charge on any atom is 0.512 e. The third-order valence-electron chi connectivity index (χ3n) is 1.88. The molecule has 0 saturated carbocycles. The molecule has 0 fully saturated rings. The quantitative estimate of drug-likeness (QED) is 0.442. The van der Waals surface area contributed by atoms with Gasteiger partial charge in [0.1, 0.15) is 12.4 Å². The van der Waals surface area contributed by atoms with Crippen molar-refractivity contribution in [3.8, 4) is 5.75 Å². The molecule has 1 aromatic rings. The second kappa shape index (κ2) is 5.20. The Bertz CT molecular complexity index is 354. The summed E-state index contributed by atoms with van der Waals surface area (Å²) in [5.74, 6) is -1.26. The van der Waals surface area contributed by atoms with E-state index in [1.165, 1.54) is 7.11 Å². The zero-order valence-corrected chi connectivity index (χ0v) is 8.55. The summed E-state index contributed by atoms with van der Waals surface area (Å²) in [6.45, 7) is -4.88. The van der Waals surface area contributed by atoms with Crippen molar-refractivity contribution >= 4 is 12.4 Å². The molecule has 0 saturated heterocycles. The van der Waals surface area contributed by atoms with E-state index in [4.69, 9.17) is 4.74 Å². The molecular weight excluding hydrogens is 227 g/mol. The number of benzene rings is 1. The molecule has 0 radical (unpaired) electrons.